The highest BCUT2D eigenvalue weighted by Gasteiger charge is 2.52. The van der Waals surface area contributed by atoms with Crippen molar-refractivity contribution in [2.24, 2.45) is 11.8 Å². The van der Waals surface area contributed by atoms with Crippen LogP contribution in [-0.4, -0.2) is 82.5 Å². The van der Waals surface area contributed by atoms with Crippen molar-refractivity contribution in [3.63, 3.8) is 0 Å². The van der Waals surface area contributed by atoms with E-state index in [0.29, 0.717) is 44.2 Å². The molecule has 1 N–H and O–H groups in total. The maximum Gasteiger partial charge on any atom is 0.254 e. The van der Waals surface area contributed by atoms with Crippen LogP contribution in [0.1, 0.15) is 44.1 Å². The van der Waals surface area contributed by atoms with Crippen molar-refractivity contribution in [1.29, 1.82) is 0 Å². The normalized spacial score (nSPS) is 33.2. The summed E-state index contributed by atoms with van der Waals surface area (Å²) < 4.78 is 0. The van der Waals surface area contributed by atoms with Crippen molar-refractivity contribution in [1.82, 2.24) is 14.7 Å². The Morgan fingerprint density at radius 2 is 1.84 bits per heavy atom. The Hall–Kier alpha value is -1.92. The van der Waals surface area contributed by atoms with Crippen LogP contribution in [0.4, 0.5) is 0 Å². The van der Waals surface area contributed by atoms with Gasteiger partial charge < -0.3 is 19.8 Å². The second-order valence-corrected chi connectivity index (χ2v) is 10.3. The first kappa shape index (κ1) is 21.0. The molecule has 0 aromatic heterocycles. The summed E-state index contributed by atoms with van der Waals surface area (Å²) in [6.45, 7) is 2.84. The number of rotatable bonds is 3. The minimum Gasteiger partial charge on any atom is -0.380 e. The molecule has 4 aliphatic rings. The molecule has 4 aliphatic heterocycles. The molecule has 0 radical (unpaired) electrons. The minimum absolute atomic E-state index is 0.0793. The van der Waals surface area contributed by atoms with Gasteiger partial charge in [-0.1, -0.05) is 30.3 Å². The molecule has 0 aliphatic carbocycles. The number of piperidine rings is 4. The number of hydrogen-bond donors (Lipinski definition) is 1. The first-order valence-electron chi connectivity index (χ1n) is 12.0. The molecule has 6 nitrogen and oxygen atoms in total. The third-order valence-corrected chi connectivity index (χ3v) is 8.28. The molecule has 1 aromatic carbocycles. The third kappa shape index (κ3) is 3.89. The summed E-state index contributed by atoms with van der Waals surface area (Å²) in [4.78, 5) is 32.8. The summed E-state index contributed by atoms with van der Waals surface area (Å²) in [5.74, 6) is 0.815. The van der Waals surface area contributed by atoms with Gasteiger partial charge in [-0.05, 0) is 63.0 Å². The van der Waals surface area contributed by atoms with Gasteiger partial charge in [0.05, 0.1) is 0 Å². The zero-order chi connectivity index (χ0) is 21.6. The number of amides is 2. The lowest BCUT2D eigenvalue weighted by Gasteiger charge is -2.57. The first-order chi connectivity index (χ1) is 14.9. The van der Waals surface area contributed by atoms with Crippen molar-refractivity contribution >= 4 is 11.8 Å². The Bertz CT molecular complexity index is 821. The summed E-state index contributed by atoms with van der Waals surface area (Å²) in [6, 6.07) is 10.8. The number of carbonyl (C=O) groups excluding carboxylic acids is 2. The summed E-state index contributed by atoms with van der Waals surface area (Å²) in [5, 5.41) is 11.2. The highest BCUT2D eigenvalue weighted by atomic mass is 16.3. The lowest BCUT2D eigenvalue weighted by atomic mass is 9.70. The fourth-order valence-electron chi connectivity index (χ4n) is 6.56. The van der Waals surface area contributed by atoms with E-state index in [2.05, 4.69) is 34.1 Å². The maximum absolute atomic E-state index is 13.5. The van der Waals surface area contributed by atoms with Crippen LogP contribution in [0.25, 0.3) is 0 Å². The van der Waals surface area contributed by atoms with Crippen molar-refractivity contribution in [3.8, 4) is 0 Å². The molecule has 4 fully saturated rings. The van der Waals surface area contributed by atoms with Crippen molar-refractivity contribution < 1.29 is 14.7 Å². The standard InChI is InChI=1S/C25H35N3O3/c1-26-12-10-25(31,11-13-26)24(30)27-16-19-15-20(17-27)22(14-18-6-3-2-4-7-18)28-21(19)8-5-9-23(28)29/h2-4,6-7,19-22,31H,5,8-17H2,1H3/t19-,20+,21+,22+/m1/s1. The fourth-order valence-corrected chi connectivity index (χ4v) is 6.56. The molecule has 4 atom stereocenters. The Morgan fingerprint density at radius 3 is 2.58 bits per heavy atom. The SMILES string of the molecule is CN1CCC(O)(C(=O)N2C[C@H]3C[C@@H](C2)[C@H](Cc2ccccc2)N2C(=O)CCC[C@@H]32)CC1. The molecule has 4 saturated heterocycles. The predicted molar refractivity (Wildman–Crippen MR) is 118 cm³/mol. The lowest BCUT2D eigenvalue weighted by molar-refractivity contribution is -0.168. The van der Waals surface area contributed by atoms with E-state index in [9.17, 15) is 14.7 Å². The molecule has 0 unspecified atom stereocenters. The number of likely N-dealkylation sites (tertiary alicyclic amines) is 2. The van der Waals surface area contributed by atoms with Crippen molar-refractivity contribution in [3.05, 3.63) is 35.9 Å². The van der Waals surface area contributed by atoms with Gasteiger partial charge in [-0.15, -0.1) is 0 Å². The number of nitrogens with zero attached hydrogens (tertiary/aromatic N) is 3. The van der Waals surface area contributed by atoms with E-state index >= 15 is 0 Å². The molecule has 2 amide bonds. The first-order valence-corrected chi connectivity index (χ1v) is 12.0. The molecule has 6 heteroatoms. The molecular formula is C25H35N3O3. The quantitative estimate of drug-likeness (QED) is 0.804. The number of aliphatic hydroxyl groups is 1. The second-order valence-electron chi connectivity index (χ2n) is 10.3. The average Bonchev–Trinajstić information content (AvgIpc) is 2.79. The van der Waals surface area contributed by atoms with Crippen LogP contribution in [0.5, 0.6) is 0 Å². The van der Waals surface area contributed by atoms with E-state index in [1.54, 1.807) is 0 Å². The highest BCUT2D eigenvalue weighted by molar-refractivity contribution is 5.85. The van der Waals surface area contributed by atoms with E-state index in [1.807, 2.05) is 18.0 Å². The van der Waals surface area contributed by atoms with Crippen LogP contribution >= 0.6 is 0 Å². The monoisotopic (exact) mass is 425 g/mol. The number of carbonyl (C=O) groups is 2. The zero-order valence-electron chi connectivity index (χ0n) is 18.6. The van der Waals surface area contributed by atoms with E-state index in [-0.39, 0.29) is 23.9 Å². The molecule has 5 rings (SSSR count). The number of hydrogen-bond acceptors (Lipinski definition) is 4. The molecule has 0 saturated carbocycles. The van der Waals surface area contributed by atoms with E-state index in [4.69, 9.17) is 0 Å². The fraction of sp³-hybridized carbons (Fsp3) is 0.680. The summed E-state index contributed by atoms with van der Waals surface area (Å²) in [7, 11) is 2.04. The van der Waals surface area contributed by atoms with Gasteiger partial charge >= 0.3 is 0 Å². The van der Waals surface area contributed by atoms with Crippen LogP contribution in [-0.2, 0) is 16.0 Å². The predicted octanol–water partition coefficient (Wildman–Crippen LogP) is 1.91. The number of fused-ring (bicyclic) bond motifs is 4. The van der Waals surface area contributed by atoms with Gasteiger partial charge in [0.1, 0.15) is 5.60 Å². The molecule has 4 heterocycles. The minimum atomic E-state index is -1.23. The third-order valence-electron chi connectivity index (χ3n) is 8.28. The topological polar surface area (TPSA) is 64.1 Å². The van der Waals surface area contributed by atoms with Crippen LogP contribution < -0.4 is 0 Å². The van der Waals surface area contributed by atoms with Crippen LogP contribution in [0.3, 0.4) is 0 Å². The van der Waals surface area contributed by atoms with E-state index in [1.165, 1.54) is 5.56 Å². The summed E-state index contributed by atoms with van der Waals surface area (Å²) in [6.07, 6.45) is 5.58. The van der Waals surface area contributed by atoms with Gasteiger partial charge in [-0.25, -0.2) is 0 Å². The zero-order valence-corrected chi connectivity index (χ0v) is 18.6. The van der Waals surface area contributed by atoms with Gasteiger partial charge in [0.15, 0.2) is 0 Å². The van der Waals surface area contributed by atoms with Gasteiger partial charge in [0.25, 0.3) is 5.91 Å². The Kier molecular flexibility index (Phi) is 5.55. The van der Waals surface area contributed by atoms with Gasteiger partial charge in [-0.2, -0.15) is 0 Å². The van der Waals surface area contributed by atoms with E-state index in [0.717, 1.165) is 38.8 Å². The molecule has 2 bridgehead atoms. The summed E-state index contributed by atoms with van der Waals surface area (Å²) in [5.41, 5.74) is 0.0234. The van der Waals surface area contributed by atoms with E-state index < -0.39 is 5.60 Å². The molecule has 0 spiro atoms. The highest BCUT2D eigenvalue weighted by Crippen LogP contribution is 2.43. The van der Waals surface area contributed by atoms with Crippen molar-refractivity contribution in [2.45, 2.75) is 62.6 Å². The Morgan fingerprint density at radius 1 is 1.13 bits per heavy atom. The lowest BCUT2D eigenvalue weighted by Crippen LogP contribution is -2.67. The van der Waals surface area contributed by atoms with Gasteiger partial charge in [-0.3, -0.25) is 9.59 Å². The molecule has 168 valence electrons. The van der Waals surface area contributed by atoms with Gasteiger partial charge in [0.2, 0.25) is 5.91 Å². The Balaban J connectivity index is 1.40. The molecule has 31 heavy (non-hydrogen) atoms. The molecule has 1 aromatic rings. The van der Waals surface area contributed by atoms with Crippen LogP contribution in [0.15, 0.2) is 30.3 Å². The second kappa shape index (κ2) is 8.21. The Labute approximate surface area is 185 Å². The number of benzene rings is 1. The smallest absolute Gasteiger partial charge is 0.254 e. The van der Waals surface area contributed by atoms with Gasteiger partial charge in [0, 0.05) is 44.7 Å². The van der Waals surface area contributed by atoms with Crippen LogP contribution in [0.2, 0.25) is 0 Å². The average molecular weight is 426 g/mol. The molecular weight excluding hydrogens is 390 g/mol. The van der Waals surface area contributed by atoms with Crippen LogP contribution in [0, 0.1) is 11.8 Å². The largest absolute Gasteiger partial charge is 0.380 e. The summed E-state index contributed by atoms with van der Waals surface area (Å²) >= 11 is 0. The van der Waals surface area contributed by atoms with Crippen molar-refractivity contribution in [2.75, 3.05) is 33.2 Å². The maximum atomic E-state index is 13.5.